The first-order chi connectivity index (χ1) is 12.7. The molecule has 2 N–H and O–H groups in total. The van der Waals surface area contributed by atoms with Crippen LogP contribution in [-0.2, 0) is 25.9 Å². The smallest absolute Gasteiger partial charge is 0.321 e. The Labute approximate surface area is 172 Å². The number of hydrogen-bond acceptors (Lipinski definition) is 7. The second-order valence-corrected chi connectivity index (χ2v) is 10.0. The summed E-state index contributed by atoms with van der Waals surface area (Å²) in [4.78, 5) is 47.5. The van der Waals surface area contributed by atoms with Gasteiger partial charge >= 0.3 is 6.72 Å². The number of ketones is 2. The van der Waals surface area contributed by atoms with Gasteiger partial charge in [0, 0.05) is 51.2 Å². The van der Waals surface area contributed by atoms with Crippen molar-refractivity contribution < 1.29 is 23.9 Å². The monoisotopic (exact) mass is 455 g/mol. The van der Waals surface area contributed by atoms with E-state index in [1.165, 1.54) is 6.08 Å². The van der Waals surface area contributed by atoms with Crippen LogP contribution in [0.3, 0.4) is 0 Å². The van der Waals surface area contributed by atoms with Gasteiger partial charge in [0.15, 0.2) is 0 Å². The number of carbonyl (C=O) groups is 2. The van der Waals surface area contributed by atoms with Crippen LogP contribution >= 0.6 is 29.9 Å². The Morgan fingerprint density at radius 2 is 1.59 bits per heavy atom. The second-order valence-electron chi connectivity index (χ2n) is 6.42. The molecule has 1 aliphatic carbocycles. The molecule has 0 saturated carbocycles. The van der Waals surface area contributed by atoms with Gasteiger partial charge in [-0.15, -0.1) is 23.2 Å². The summed E-state index contributed by atoms with van der Waals surface area (Å²) in [7, 11) is 0. The SMILES string of the molecule is O=C1C=C(N2CC2)C(=O)C(N2CC2)=C1N1CC1.OP(O)(=S)OCC(Cl)CCl. The molecule has 0 aromatic carbocycles. The number of Topliss-reactive ketones (excluding diaryl/α,β-unsaturated/α-hetero) is 1. The number of allylic oxidation sites excluding steroid dienone is 1. The van der Waals surface area contributed by atoms with Crippen LogP contribution in [0.1, 0.15) is 0 Å². The van der Waals surface area contributed by atoms with Gasteiger partial charge < -0.3 is 29.0 Å². The number of halogens is 2. The minimum absolute atomic E-state index is 0.00546. The number of rotatable bonds is 7. The molecule has 12 heteroatoms. The summed E-state index contributed by atoms with van der Waals surface area (Å²) >= 11 is 14.9. The quantitative estimate of drug-likeness (QED) is 0.242. The van der Waals surface area contributed by atoms with Gasteiger partial charge in [-0.1, -0.05) is 0 Å². The fraction of sp³-hybridized carbons (Fsp3) is 0.600. The van der Waals surface area contributed by atoms with Crippen molar-refractivity contribution in [3.05, 3.63) is 23.2 Å². The molecule has 0 spiro atoms. The average molecular weight is 456 g/mol. The lowest BCUT2D eigenvalue weighted by Crippen LogP contribution is -2.29. The Kier molecular flexibility index (Phi) is 6.52. The summed E-state index contributed by atoms with van der Waals surface area (Å²) in [6.07, 6.45) is 1.52. The van der Waals surface area contributed by atoms with E-state index in [4.69, 9.17) is 33.0 Å². The molecule has 1 unspecified atom stereocenters. The van der Waals surface area contributed by atoms with Gasteiger partial charge in [-0.05, 0) is 11.8 Å². The lowest BCUT2D eigenvalue weighted by molar-refractivity contribution is -0.117. The van der Waals surface area contributed by atoms with Gasteiger partial charge in [-0.2, -0.15) is 0 Å². The molecular weight excluding hydrogens is 436 g/mol. The highest BCUT2D eigenvalue weighted by atomic mass is 35.5. The summed E-state index contributed by atoms with van der Waals surface area (Å²) in [6, 6.07) is 0. The molecule has 0 amide bonds. The Morgan fingerprint density at radius 1 is 1.07 bits per heavy atom. The van der Waals surface area contributed by atoms with Crippen LogP contribution in [-0.4, -0.2) is 93.2 Å². The highest BCUT2D eigenvalue weighted by Crippen LogP contribution is 2.36. The Balaban J connectivity index is 0.000000183. The van der Waals surface area contributed by atoms with E-state index in [2.05, 4.69) is 16.3 Å². The third kappa shape index (κ3) is 5.90. The minimum atomic E-state index is -3.54. The van der Waals surface area contributed by atoms with Gasteiger partial charge in [0.25, 0.3) is 0 Å². The molecule has 3 fully saturated rings. The third-order valence-electron chi connectivity index (χ3n) is 4.08. The molecule has 0 bridgehead atoms. The standard InChI is InChI=1S/C12H13N3O2.C3H7Cl2O3PS/c16-9-7-8(13-1-2-13)12(17)11(15-5-6-15)10(9)14-3-4-14;4-1-3(5)2-8-9(6,7)10/h7H,1-6H2;3H,1-2H2,(H2,6,7,10). The van der Waals surface area contributed by atoms with E-state index >= 15 is 0 Å². The molecule has 0 aromatic rings. The second kappa shape index (κ2) is 8.37. The molecule has 4 rings (SSSR count). The zero-order chi connectivity index (χ0) is 19.8. The van der Waals surface area contributed by atoms with Crippen molar-refractivity contribution in [2.45, 2.75) is 5.38 Å². The van der Waals surface area contributed by atoms with E-state index < -0.39 is 12.1 Å². The van der Waals surface area contributed by atoms with Crippen LogP contribution in [0.4, 0.5) is 0 Å². The molecule has 27 heavy (non-hydrogen) atoms. The van der Waals surface area contributed by atoms with Crippen molar-refractivity contribution in [3.8, 4) is 0 Å². The summed E-state index contributed by atoms with van der Waals surface area (Å²) < 4.78 is 4.40. The van der Waals surface area contributed by atoms with E-state index in [9.17, 15) is 9.59 Å². The van der Waals surface area contributed by atoms with Crippen molar-refractivity contribution in [2.75, 3.05) is 51.8 Å². The summed E-state index contributed by atoms with van der Waals surface area (Å²) in [5.41, 5.74) is 1.89. The molecule has 3 saturated heterocycles. The molecule has 150 valence electrons. The van der Waals surface area contributed by atoms with Crippen molar-refractivity contribution in [3.63, 3.8) is 0 Å². The molecular formula is C15H20Cl2N3O5PS. The summed E-state index contributed by atoms with van der Waals surface area (Å²) in [5, 5.41) is -0.428. The van der Waals surface area contributed by atoms with E-state index in [-0.39, 0.29) is 24.1 Å². The zero-order valence-corrected chi connectivity index (χ0v) is 17.6. The Bertz CT molecular complexity index is 744. The molecule has 3 aliphatic heterocycles. The van der Waals surface area contributed by atoms with Gasteiger partial charge in [-0.3, -0.25) is 9.59 Å². The van der Waals surface area contributed by atoms with Crippen molar-refractivity contribution >= 4 is 53.3 Å². The van der Waals surface area contributed by atoms with Crippen LogP contribution in [0.15, 0.2) is 23.2 Å². The van der Waals surface area contributed by atoms with Gasteiger partial charge in [0.1, 0.15) is 11.4 Å². The predicted octanol–water partition coefficient (Wildman–Crippen LogP) is 0.239. The molecule has 1 atom stereocenters. The van der Waals surface area contributed by atoms with E-state index in [0.717, 1.165) is 39.3 Å². The largest absolute Gasteiger partial charge is 0.365 e. The minimum Gasteiger partial charge on any atom is -0.365 e. The lowest BCUT2D eigenvalue weighted by Gasteiger charge is -2.21. The van der Waals surface area contributed by atoms with Gasteiger partial charge in [-0.25, -0.2) is 0 Å². The third-order valence-corrected chi connectivity index (χ3v) is 5.69. The molecule has 0 radical (unpaired) electrons. The molecule has 4 aliphatic rings. The topological polar surface area (TPSA) is 92.9 Å². The number of hydrogen-bond donors (Lipinski definition) is 2. The maximum absolute atomic E-state index is 12.4. The fourth-order valence-electron chi connectivity index (χ4n) is 2.50. The number of carbonyl (C=O) groups excluding carboxylic acids is 2. The van der Waals surface area contributed by atoms with Gasteiger partial charge in [0.2, 0.25) is 11.6 Å². The molecule has 0 aromatic heterocycles. The van der Waals surface area contributed by atoms with Gasteiger partial charge in [0.05, 0.1) is 17.7 Å². The Morgan fingerprint density at radius 3 is 2.04 bits per heavy atom. The van der Waals surface area contributed by atoms with Crippen LogP contribution < -0.4 is 0 Å². The zero-order valence-electron chi connectivity index (χ0n) is 14.4. The highest BCUT2D eigenvalue weighted by molar-refractivity contribution is 8.06. The average Bonchev–Trinajstić information content (AvgIpc) is 3.47. The number of nitrogens with zero attached hydrogens (tertiary/aromatic N) is 3. The van der Waals surface area contributed by atoms with Crippen molar-refractivity contribution in [1.82, 2.24) is 14.7 Å². The normalized spacial score (nSPS) is 22.4. The van der Waals surface area contributed by atoms with Crippen LogP contribution in [0.25, 0.3) is 0 Å². The lowest BCUT2D eigenvalue weighted by atomic mass is 10.0. The molecule has 8 nitrogen and oxygen atoms in total. The fourth-order valence-corrected chi connectivity index (χ4v) is 3.29. The summed E-state index contributed by atoms with van der Waals surface area (Å²) in [5.74, 6) is 0.240. The predicted molar refractivity (Wildman–Crippen MR) is 105 cm³/mol. The van der Waals surface area contributed by atoms with Crippen LogP contribution in [0.5, 0.6) is 0 Å². The molecule has 3 heterocycles. The summed E-state index contributed by atoms with van der Waals surface area (Å²) in [6.45, 7) is 1.83. The highest BCUT2D eigenvalue weighted by Gasteiger charge is 2.43. The van der Waals surface area contributed by atoms with Crippen LogP contribution in [0, 0.1) is 0 Å². The van der Waals surface area contributed by atoms with E-state index in [0.29, 0.717) is 17.1 Å². The van der Waals surface area contributed by atoms with E-state index in [1.54, 1.807) is 0 Å². The van der Waals surface area contributed by atoms with E-state index in [1.807, 2.05) is 14.7 Å². The first kappa shape index (κ1) is 21.0. The Hall–Kier alpha value is -0.670. The first-order valence-electron chi connectivity index (χ1n) is 8.41. The first-order valence-corrected chi connectivity index (χ1v) is 12.0. The van der Waals surface area contributed by atoms with Crippen molar-refractivity contribution in [1.29, 1.82) is 0 Å². The van der Waals surface area contributed by atoms with Crippen molar-refractivity contribution in [2.24, 2.45) is 0 Å². The maximum Gasteiger partial charge on any atom is 0.321 e. The van der Waals surface area contributed by atoms with Crippen LogP contribution in [0.2, 0.25) is 0 Å². The maximum atomic E-state index is 12.4. The number of alkyl halides is 2.